The van der Waals surface area contributed by atoms with Gasteiger partial charge in [0, 0.05) is 13.1 Å². The number of amides is 1. The largest absolute Gasteiger partial charge is 0.493 e. The average molecular weight is 371 g/mol. The summed E-state index contributed by atoms with van der Waals surface area (Å²) in [5.74, 6) is 2.41. The van der Waals surface area contributed by atoms with Gasteiger partial charge in [0.25, 0.3) is 5.91 Å². The first-order valence-electron chi connectivity index (χ1n) is 9.12. The van der Waals surface area contributed by atoms with E-state index in [0.29, 0.717) is 36.3 Å². The smallest absolute Gasteiger partial charge is 0.260 e. The second kappa shape index (κ2) is 8.70. The van der Waals surface area contributed by atoms with E-state index in [1.54, 1.807) is 18.9 Å². The van der Waals surface area contributed by atoms with Crippen LogP contribution in [0.2, 0.25) is 0 Å². The molecule has 0 aliphatic carbocycles. The molecule has 1 aliphatic rings. The second-order valence-electron chi connectivity index (χ2n) is 6.56. The quantitative estimate of drug-likeness (QED) is 0.776. The molecule has 7 heteroatoms. The van der Waals surface area contributed by atoms with E-state index in [1.165, 1.54) is 0 Å². The number of piperidine rings is 1. The van der Waals surface area contributed by atoms with Crippen LogP contribution in [0.15, 0.2) is 28.8 Å². The molecule has 1 atom stereocenters. The third kappa shape index (κ3) is 4.67. The standard InChI is InChI=1S/C20H25N3O4/c1-4-6-15-8-9-17(18(11-15)25-3)26-13-19(24)23-10-5-7-16(12-23)20-21-14(2)22-27-20/h4,6,8-9,11,16H,5,7,10,12-13H2,1-3H3/b6-4-/t16-/m1/s1. The topological polar surface area (TPSA) is 77.7 Å². The van der Waals surface area contributed by atoms with Crippen molar-refractivity contribution in [2.75, 3.05) is 26.8 Å². The van der Waals surface area contributed by atoms with Crippen LogP contribution < -0.4 is 9.47 Å². The Labute approximate surface area is 159 Å². The van der Waals surface area contributed by atoms with E-state index in [4.69, 9.17) is 14.0 Å². The van der Waals surface area contributed by atoms with Crippen LogP contribution in [0.1, 0.15) is 43.0 Å². The molecule has 7 nitrogen and oxygen atoms in total. The van der Waals surface area contributed by atoms with E-state index in [-0.39, 0.29) is 18.4 Å². The van der Waals surface area contributed by atoms with Crippen molar-refractivity contribution in [2.24, 2.45) is 0 Å². The zero-order valence-electron chi connectivity index (χ0n) is 16.0. The lowest BCUT2D eigenvalue weighted by molar-refractivity contribution is -0.134. The van der Waals surface area contributed by atoms with Gasteiger partial charge < -0.3 is 18.9 Å². The van der Waals surface area contributed by atoms with Crippen LogP contribution in [0.4, 0.5) is 0 Å². The maximum atomic E-state index is 12.6. The van der Waals surface area contributed by atoms with Crippen LogP contribution in [-0.2, 0) is 4.79 Å². The molecule has 1 amide bonds. The van der Waals surface area contributed by atoms with E-state index < -0.39 is 0 Å². The predicted octanol–water partition coefficient (Wildman–Crippen LogP) is 3.20. The van der Waals surface area contributed by atoms with E-state index >= 15 is 0 Å². The van der Waals surface area contributed by atoms with Crippen LogP contribution >= 0.6 is 0 Å². The van der Waals surface area contributed by atoms with Crippen LogP contribution in [0.25, 0.3) is 6.08 Å². The Morgan fingerprint density at radius 3 is 2.96 bits per heavy atom. The monoisotopic (exact) mass is 371 g/mol. The first-order valence-corrected chi connectivity index (χ1v) is 9.12. The highest BCUT2D eigenvalue weighted by atomic mass is 16.5. The Hall–Kier alpha value is -2.83. The number of rotatable bonds is 6. The first kappa shape index (κ1) is 18.9. The van der Waals surface area contributed by atoms with Crippen molar-refractivity contribution in [3.63, 3.8) is 0 Å². The number of allylic oxidation sites excluding steroid dienone is 1. The molecule has 0 N–H and O–H groups in total. The lowest BCUT2D eigenvalue weighted by atomic mass is 9.98. The van der Waals surface area contributed by atoms with Crippen LogP contribution in [0.3, 0.4) is 0 Å². The molecular formula is C20H25N3O4. The number of hydrogen-bond donors (Lipinski definition) is 0. The Bertz CT molecular complexity index is 815. The molecule has 27 heavy (non-hydrogen) atoms. The number of aromatic nitrogens is 2. The Morgan fingerprint density at radius 1 is 1.41 bits per heavy atom. The van der Waals surface area contributed by atoms with Gasteiger partial charge in [-0.1, -0.05) is 23.4 Å². The molecule has 1 fully saturated rings. The summed E-state index contributed by atoms with van der Waals surface area (Å²) in [7, 11) is 1.59. The van der Waals surface area contributed by atoms with Crippen molar-refractivity contribution in [3.05, 3.63) is 41.6 Å². The zero-order valence-corrected chi connectivity index (χ0v) is 16.0. The summed E-state index contributed by atoms with van der Waals surface area (Å²) in [5.41, 5.74) is 1.02. The molecule has 0 saturated carbocycles. The van der Waals surface area contributed by atoms with Crippen molar-refractivity contribution in [1.29, 1.82) is 0 Å². The maximum Gasteiger partial charge on any atom is 0.260 e. The van der Waals surface area contributed by atoms with E-state index in [2.05, 4.69) is 10.1 Å². The van der Waals surface area contributed by atoms with E-state index in [1.807, 2.05) is 37.3 Å². The molecule has 144 valence electrons. The molecule has 3 rings (SSSR count). The molecule has 0 bridgehead atoms. The highest BCUT2D eigenvalue weighted by Crippen LogP contribution is 2.29. The molecular weight excluding hydrogens is 346 g/mol. The van der Waals surface area contributed by atoms with E-state index in [0.717, 1.165) is 18.4 Å². The van der Waals surface area contributed by atoms with Gasteiger partial charge in [0.1, 0.15) is 0 Å². The minimum Gasteiger partial charge on any atom is -0.493 e. The lowest BCUT2D eigenvalue weighted by Gasteiger charge is -2.31. The summed E-state index contributed by atoms with van der Waals surface area (Å²) in [4.78, 5) is 18.7. The number of benzene rings is 1. The van der Waals surface area contributed by atoms with Crippen molar-refractivity contribution in [1.82, 2.24) is 15.0 Å². The van der Waals surface area contributed by atoms with Crippen molar-refractivity contribution < 1.29 is 18.8 Å². The number of carbonyl (C=O) groups excluding carboxylic acids is 1. The lowest BCUT2D eigenvalue weighted by Crippen LogP contribution is -2.41. The third-order valence-corrected chi connectivity index (χ3v) is 4.56. The molecule has 0 unspecified atom stereocenters. The Morgan fingerprint density at radius 2 is 2.26 bits per heavy atom. The molecule has 1 aliphatic heterocycles. The third-order valence-electron chi connectivity index (χ3n) is 4.56. The fourth-order valence-electron chi connectivity index (χ4n) is 3.21. The van der Waals surface area contributed by atoms with Crippen LogP contribution in [0.5, 0.6) is 11.5 Å². The minimum absolute atomic E-state index is 0.0328. The van der Waals surface area contributed by atoms with Crippen molar-refractivity contribution in [2.45, 2.75) is 32.6 Å². The van der Waals surface area contributed by atoms with Crippen molar-refractivity contribution >= 4 is 12.0 Å². The number of likely N-dealkylation sites (tertiary alicyclic amines) is 1. The van der Waals surface area contributed by atoms with Crippen LogP contribution in [0, 0.1) is 6.92 Å². The first-order chi connectivity index (χ1) is 13.1. The average Bonchev–Trinajstić information content (AvgIpc) is 3.13. The molecule has 2 aromatic rings. The molecule has 0 spiro atoms. The van der Waals surface area contributed by atoms with Crippen LogP contribution in [-0.4, -0.2) is 47.8 Å². The number of ether oxygens (including phenoxy) is 2. The molecule has 0 radical (unpaired) electrons. The molecule has 1 aromatic heterocycles. The SMILES string of the molecule is C/C=C\c1ccc(OCC(=O)N2CCC[C@@H](c3nc(C)no3)C2)c(OC)c1. The summed E-state index contributed by atoms with van der Waals surface area (Å²) in [6.45, 7) is 5.00. The summed E-state index contributed by atoms with van der Waals surface area (Å²) < 4.78 is 16.4. The fourth-order valence-corrected chi connectivity index (χ4v) is 3.21. The van der Waals surface area contributed by atoms with Gasteiger partial charge in [-0.2, -0.15) is 4.98 Å². The van der Waals surface area contributed by atoms with Gasteiger partial charge in [-0.15, -0.1) is 0 Å². The van der Waals surface area contributed by atoms with Crippen molar-refractivity contribution in [3.8, 4) is 11.5 Å². The fraction of sp³-hybridized carbons (Fsp3) is 0.450. The number of carbonyl (C=O) groups is 1. The zero-order chi connectivity index (χ0) is 19.2. The Kier molecular flexibility index (Phi) is 6.11. The van der Waals surface area contributed by atoms with Gasteiger partial charge in [-0.25, -0.2) is 0 Å². The number of hydrogen-bond acceptors (Lipinski definition) is 6. The summed E-state index contributed by atoms with van der Waals surface area (Å²) >= 11 is 0. The van der Waals surface area contributed by atoms with Gasteiger partial charge in [-0.3, -0.25) is 4.79 Å². The van der Waals surface area contributed by atoms with E-state index in [9.17, 15) is 4.79 Å². The summed E-state index contributed by atoms with van der Waals surface area (Å²) in [5, 5.41) is 3.84. The Balaban J connectivity index is 1.60. The normalized spacial score (nSPS) is 17.3. The highest BCUT2D eigenvalue weighted by molar-refractivity contribution is 5.78. The van der Waals surface area contributed by atoms with Gasteiger partial charge >= 0.3 is 0 Å². The van der Waals surface area contributed by atoms with Gasteiger partial charge in [-0.05, 0) is 44.4 Å². The predicted molar refractivity (Wildman–Crippen MR) is 101 cm³/mol. The van der Waals surface area contributed by atoms with Gasteiger partial charge in [0.15, 0.2) is 23.9 Å². The molecule has 2 heterocycles. The molecule has 1 saturated heterocycles. The second-order valence-corrected chi connectivity index (χ2v) is 6.56. The number of nitrogens with zero attached hydrogens (tertiary/aromatic N) is 3. The maximum absolute atomic E-state index is 12.6. The number of methoxy groups -OCH3 is 1. The highest BCUT2D eigenvalue weighted by Gasteiger charge is 2.28. The van der Waals surface area contributed by atoms with Gasteiger partial charge in [0.05, 0.1) is 13.0 Å². The molecule has 1 aromatic carbocycles. The minimum atomic E-state index is -0.0597. The summed E-state index contributed by atoms with van der Waals surface area (Å²) in [6.07, 6.45) is 5.77. The number of aryl methyl sites for hydroxylation is 1. The summed E-state index contributed by atoms with van der Waals surface area (Å²) in [6, 6.07) is 5.63. The van der Waals surface area contributed by atoms with Gasteiger partial charge in [0.2, 0.25) is 5.89 Å².